The van der Waals surface area contributed by atoms with E-state index >= 15 is 0 Å². The van der Waals surface area contributed by atoms with Gasteiger partial charge in [-0.25, -0.2) is 0 Å². The SMILES string of the molecule is O=C1C[C@H]2[C@H](CCN2C(=O)c2ccco2)N1. The molecule has 0 spiro atoms. The van der Waals surface area contributed by atoms with E-state index in [1.165, 1.54) is 6.26 Å². The molecule has 2 fully saturated rings. The van der Waals surface area contributed by atoms with Gasteiger partial charge in [-0.15, -0.1) is 0 Å². The lowest BCUT2D eigenvalue weighted by Gasteiger charge is -2.21. The van der Waals surface area contributed by atoms with Crippen LogP contribution >= 0.6 is 0 Å². The molecule has 2 saturated heterocycles. The zero-order chi connectivity index (χ0) is 11.1. The van der Waals surface area contributed by atoms with Crippen molar-refractivity contribution >= 4 is 11.8 Å². The second-order valence-electron chi connectivity index (χ2n) is 4.21. The number of furan rings is 1. The van der Waals surface area contributed by atoms with Crippen molar-refractivity contribution in [3.8, 4) is 0 Å². The summed E-state index contributed by atoms with van der Waals surface area (Å²) < 4.78 is 5.09. The van der Waals surface area contributed by atoms with Gasteiger partial charge >= 0.3 is 0 Å². The summed E-state index contributed by atoms with van der Waals surface area (Å²) in [7, 11) is 0. The Balaban J connectivity index is 1.81. The second kappa shape index (κ2) is 3.37. The van der Waals surface area contributed by atoms with Crippen molar-refractivity contribution in [3.63, 3.8) is 0 Å². The van der Waals surface area contributed by atoms with Crippen LogP contribution in [0.3, 0.4) is 0 Å². The number of carbonyl (C=O) groups is 2. The quantitative estimate of drug-likeness (QED) is 0.744. The molecule has 0 saturated carbocycles. The molecule has 2 amide bonds. The molecule has 0 aliphatic carbocycles. The van der Waals surface area contributed by atoms with Crippen LogP contribution in [0.25, 0.3) is 0 Å². The summed E-state index contributed by atoms with van der Waals surface area (Å²) in [5.41, 5.74) is 0. The van der Waals surface area contributed by atoms with Crippen LogP contribution < -0.4 is 5.32 Å². The predicted octanol–water partition coefficient (Wildman–Crippen LogP) is 0.383. The molecule has 0 bridgehead atoms. The first-order chi connectivity index (χ1) is 7.75. The first-order valence-electron chi connectivity index (χ1n) is 5.39. The minimum atomic E-state index is -0.117. The van der Waals surface area contributed by atoms with Gasteiger partial charge in [-0.3, -0.25) is 9.59 Å². The summed E-state index contributed by atoms with van der Waals surface area (Å²) in [6.45, 7) is 0.690. The fourth-order valence-electron chi connectivity index (χ4n) is 2.52. The summed E-state index contributed by atoms with van der Waals surface area (Å²) >= 11 is 0. The van der Waals surface area contributed by atoms with Crippen LogP contribution in [-0.2, 0) is 4.79 Å². The molecule has 5 heteroatoms. The average Bonchev–Trinajstić information content (AvgIpc) is 2.90. The van der Waals surface area contributed by atoms with Crippen LogP contribution in [0.5, 0.6) is 0 Å². The number of fused-ring (bicyclic) bond motifs is 1. The normalized spacial score (nSPS) is 28.0. The van der Waals surface area contributed by atoms with Crippen LogP contribution in [0.2, 0.25) is 0 Å². The Bertz CT molecular complexity index is 426. The van der Waals surface area contributed by atoms with Gasteiger partial charge in [0.25, 0.3) is 5.91 Å². The van der Waals surface area contributed by atoms with Crippen LogP contribution in [0.4, 0.5) is 0 Å². The molecule has 84 valence electrons. The largest absolute Gasteiger partial charge is 0.459 e. The standard InChI is InChI=1S/C11H12N2O3/c14-10-6-8-7(12-10)3-4-13(8)11(15)9-2-1-5-16-9/h1-2,5,7-8H,3-4,6H2,(H,12,14)/t7-,8-/m0/s1. The van der Waals surface area contributed by atoms with E-state index in [-0.39, 0.29) is 23.9 Å². The molecular weight excluding hydrogens is 208 g/mol. The summed E-state index contributed by atoms with van der Waals surface area (Å²) in [5, 5.41) is 2.88. The number of nitrogens with zero attached hydrogens (tertiary/aromatic N) is 1. The highest BCUT2D eigenvalue weighted by molar-refractivity contribution is 5.93. The molecule has 2 aliphatic rings. The minimum absolute atomic E-state index is 0.00472. The lowest BCUT2D eigenvalue weighted by Crippen LogP contribution is -2.38. The Labute approximate surface area is 92.4 Å². The van der Waals surface area contributed by atoms with Crippen molar-refractivity contribution in [1.82, 2.24) is 10.2 Å². The highest BCUT2D eigenvalue weighted by Crippen LogP contribution is 2.27. The summed E-state index contributed by atoms with van der Waals surface area (Å²) in [6, 6.07) is 3.48. The second-order valence-corrected chi connectivity index (χ2v) is 4.21. The van der Waals surface area contributed by atoms with Crippen LogP contribution in [-0.4, -0.2) is 35.3 Å². The number of carbonyl (C=O) groups excluding carboxylic acids is 2. The molecule has 1 N–H and O–H groups in total. The third kappa shape index (κ3) is 1.31. The molecule has 0 unspecified atom stereocenters. The maximum atomic E-state index is 12.1. The fraction of sp³-hybridized carbons (Fsp3) is 0.455. The monoisotopic (exact) mass is 220 g/mol. The van der Waals surface area contributed by atoms with E-state index in [1.807, 2.05) is 0 Å². The van der Waals surface area contributed by atoms with E-state index in [1.54, 1.807) is 17.0 Å². The van der Waals surface area contributed by atoms with Crippen molar-refractivity contribution in [1.29, 1.82) is 0 Å². The molecule has 2 atom stereocenters. The predicted molar refractivity (Wildman–Crippen MR) is 54.7 cm³/mol. The summed E-state index contributed by atoms with van der Waals surface area (Å²) in [6.07, 6.45) is 2.73. The third-order valence-corrected chi connectivity index (χ3v) is 3.28. The zero-order valence-corrected chi connectivity index (χ0v) is 8.68. The highest BCUT2D eigenvalue weighted by atomic mass is 16.3. The van der Waals surface area contributed by atoms with Crippen LogP contribution in [0, 0.1) is 0 Å². The molecule has 0 radical (unpaired) electrons. The van der Waals surface area contributed by atoms with Crippen molar-refractivity contribution in [2.24, 2.45) is 0 Å². The maximum Gasteiger partial charge on any atom is 0.289 e. The van der Waals surface area contributed by atoms with Gasteiger partial charge in [0.1, 0.15) is 0 Å². The molecule has 5 nitrogen and oxygen atoms in total. The number of likely N-dealkylation sites (tertiary alicyclic amines) is 1. The Morgan fingerprint density at radius 1 is 1.56 bits per heavy atom. The molecule has 1 aromatic heterocycles. The van der Waals surface area contributed by atoms with E-state index in [0.717, 1.165) is 6.42 Å². The molecule has 16 heavy (non-hydrogen) atoms. The topological polar surface area (TPSA) is 62.6 Å². The van der Waals surface area contributed by atoms with Gasteiger partial charge < -0.3 is 14.6 Å². The third-order valence-electron chi connectivity index (χ3n) is 3.28. The van der Waals surface area contributed by atoms with E-state index in [9.17, 15) is 9.59 Å². The van der Waals surface area contributed by atoms with Crippen molar-refractivity contribution in [3.05, 3.63) is 24.2 Å². The minimum Gasteiger partial charge on any atom is -0.459 e. The van der Waals surface area contributed by atoms with Gasteiger partial charge in [-0.1, -0.05) is 0 Å². The van der Waals surface area contributed by atoms with Gasteiger partial charge in [-0.05, 0) is 18.6 Å². The molecule has 1 aromatic rings. The smallest absolute Gasteiger partial charge is 0.289 e. The summed E-state index contributed by atoms with van der Waals surface area (Å²) in [5.74, 6) is 0.265. The van der Waals surface area contributed by atoms with Gasteiger partial charge in [-0.2, -0.15) is 0 Å². The van der Waals surface area contributed by atoms with Crippen molar-refractivity contribution in [2.75, 3.05) is 6.54 Å². The van der Waals surface area contributed by atoms with Crippen LogP contribution in [0.1, 0.15) is 23.4 Å². The zero-order valence-electron chi connectivity index (χ0n) is 8.68. The molecule has 2 aliphatic heterocycles. The Hall–Kier alpha value is -1.78. The fourth-order valence-corrected chi connectivity index (χ4v) is 2.52. The molecule has 3 heterocycles. The number of hydrogen-bond acceptors (Lipinski definition) is 3. The molecular formula is C11H12N2O3. The number of amides is 2. The Morgan fingerprint density at radius 3 is 3.19 bits per heavy atom. The van der Waals surface area contributed by atoms with Crippen molar-refractivity contribution in [2.45, 2.75) is 24.9 Å². The van der Waals surface area contributed by atoms with Crippen molar-refractivity contribution < 1.29 is 14.0 Å². The van der Waals surface area contributed by atoms with E-state index < -0.39 is 0 Å². The van der Waals surface area contributed by atoms with E-state index in [4.69, 9.17) is 4.42 Å². The van der Waals surface area contributed by atoms with Crippen LogP contribution in [0.15, 0.2) is 22.8 Å². The highest BCUT2D eigenvalue weighted by Gasteiger charge is 2.43. The maximum absolute atomic E-state index is 12.1. The van der Waals surface area contributed by atoms with Gasteiger partial charge in [0.2, 0.25) is 5.91 Å². The lowest BCUT2D eigenvalue weighted by molar-refractivity contribution is -0.119. The molecule has 3 rings (SSSR count). The number of hydrogen-bond donors (Lipinski definition) is 1. The van der Waals surface area contributed by atoms with E-state index in [2.05, 4.69) is 5.32 Å². The van der Waals surface area contributed by atoms with E-state index in [0.29, 0.717) is 18.7 Å². The first-order valence-corrected chi connectivity index (χ1v) is 5.39. The van der Waals surface area contributed by atoms with Gasteiger partial charge in [0.15, 0.2) is 5.76 Å². The summed E-state index contributed by atoms with van der Waals surface area (Å²) in [4.78, 5) is 25.0. The Morgan fingerprint density at radius 2 is 2.44 bits per heavy atom. The Kier molecular flexibility index (Phi) is 1.99. The lowest BCUT2D eigenvalue weighted by atomic mass is 10.1. The number of nitrogens with one attached hydrogen (secondary N) is 1. The number of rotatable bonds is 1. The first kappa shape index (κ1) is 9.45. The van der Waals surface area contributed by atoms with Gasteiger partial charge in [0, 0.05) is 13.0 Å². The molecule has 0 aromatic carbocycles. The average molecular weight is 220 g/mol. The van der Waals surface area contributed by atoms with Gasteiger partial charge in [0.05, 0.1) is 18.3 Å².